The summed E-state index contributed by atoms with van der Waals surface area (Å²) in [6.45, 7) is 4.03. The highest BCUT2D eigenvalue weighted by atomic mass is 19.1. The Morgan fingerprint density at radius 3 is 2.53 bits per heavy atom. The number of nitrogens with one attached hydrogen (secondary N) is 2. The van der Waals surface area contributed by atoms with Crippen molar-refractivity contribution in [1.29, 1.82) is 0 Å². The summed E-state index contributed by atoms with van der Waals surface area (Å²) < 4.78 is 16.0. The number of hydrogen-bond acceptors (Lipinski definition) is 3. The van der Waals surface area contributed by atoms with E-state index in [9.17, 15) is 14.0 Å². The third-order valence-corrected chi connectivity index (χ3v) is 4.56. The van der Waals surface area contributed by atoms with Gasteiger partial charge in [-0.25, -0.2) is 9.37 Å². The predicted octanol–water partition coefficient (Wildman–Crippen LogP) is 3.53. The first kappa shape index (κ1) is 21.2. The Balaban J connectivity index is 1.69. The molecular weight excluding hydrogens is 383 g/mol. The van der Waals surface area contributed by atoms with Gasteiger partial charge in [0.2, 0.25) is 11.8 Å². The summed E-state index contributed by atoms with van der Waals surface area (Å²) in [5.41, 5.74) is 1.68. The Morgan fingerprint density at radius 1 is 1.13 bits per heavy atom. The molecule has 30 heavy (non-hydrogen) atoms. The summed E-state index contributed by atoms with van der Waals surface area (Å²) in [4.78, 5) is 29.0. The first-order valence-corrected chi connectivity index (χ1v) is 9.83. The number of carbonyl (C=O) groups is 2. The van der Waals surface area contributed by atoms with Crippen molar-refractivity contribution in [1.82, 2.24) is 20.2 Å². The highest BCUT2D eigenvalue weighted by Gasteiger charge is 2.22. The predicted molar refractivity (Wildman–Crippen MR) is 112 cm³/mol. The van der Waals surface area contributed by atoms with Crippen LogP contribution in [0.1, 0.15) is 37.4 Å². The Kier molecular flexibility index (Phi) is 6.95. The zero-order chi connectivity index (χ0) is 21.5. The molecule has 0 spiro atoms. The van der Waals surface area contributed by atoms with Gasteiger partial charge in [0.1, 0.15) is 11.9 Å². The summed E-state index contributed by atoms with van der Waals surface area (Å²) in [5.74, 6) is -0.770. The normalized spacial score (nSPS) is 11.9. The van der Waals surface area contributed by atoms with E-state index in [1.54, 1.807) is 41.2 Å². The molecule has 0 aliphatic carbocycles. The molecule has 3 rings (SSSR count). The Labute approximate surface area is 175 Å². The van der Waals surface area contributed by atoms with Crippen LogP contribution in [0.3, 0.4) is 0 Å². The van der Waals surface area contributed by atoms with Crippen molar-refractivity contribution in [3.63, 3.8) is 0 Å². The molecule has 156 valence electrons. The number of aromatic nitrogens is 2. The first-order valence-electron chi connectivity index (χ1n) is 9.83. The number of benzene rings is 2. The standard InChI is InChI=1S/C23H25FN4O2/c1-16(2)12-21(29)27-22(18-6-4-3-5-7-18)23(30)26-14-17-8-9-20(19(24)13-17)28-11-10-25-15-28/h3-11,13,15-16,22H,12,14H2,1-2H3,(H,26,30)(H,27,29). The number of rotatable bonds is 8. The van der Waals surface area contributed by atoms with E-state index in [1.807, 2.05) is 32.0 Å². The highest BCUT2D eigenvalue weighted by molar-refractivity contribution is 5.88. The van der Waals surface area contributed by atoms with Crippen LogP contribution in [0, 0.1) is 11.7 Å². The Bertz CT molecular complexity index is 988. The quantitative estimate of drug-likeness (QED) is 0.599. The van der Waals surface area contributed by atoms with Gasteiger partial charge >= 0.3 is 0 Å². The first-order chi connectivity index (χ1) is 14.4. The lowest BCUT2D eigenvalue weighted by Gasteiger charge is -2.20. The minimum absolute atomic E-state index is 0.142. The lowest BCUT2D eigenvalue weighted by molar-refractivity contribution is -0.129. The van der Waals surface area contributed by atoms with Gasteiger partial charge in [0, 0.05) is 25.4 Å². The van der Waals surface area contributed by atoms with E-state index < -0.39 is 11.9 Å². The van der Waals surface area contributed by atoms with Crippen molar-refractivity contribution in [3.8, 4) is 5.69 Å². The third-order valence-electron chi connectivity index (χ3n) is 4.56. The number of amides is 2. The van der Waals surface area contributed by atoms with Crippen LogP contribution in [0.25, 0.3) is 5.69 Å². The fourth-order valence-corrected chi connectivity index (χ4v) is 3.10. The maximum Gasteiger partial charge on any atom is 0.247 e. The molecule has 0 radical (unpaired) electrons. The number of nitrogens with zero attached hydrogens (tertiary/aromatic N) is 2. The molecule has 6 nitrogen and oxygen atoms in total. The molecule has 2 N–H and O–H groups in total. The van der Waals surface area contributed by atoms with E-state index in [2.05, 4.69) is 15.6 Å². The smallest absolute Gasteiger partial charge is 0.247 e. The minimum Gasteiger partial charge on any atom is -0.350 e. The third kappa shape index (κ3) is 5.53. The van der Waals surface area contributed by atoms with E-state index in [4.69, 9.17) is 0 Å². The Hall–Kier alpha value is -3.48. The lowest BCUT2D eigenvalue weighted by Crippen LogP contribution is -2.40. The van der Waals surface area contributed by atoms with E-state index >= 15 is 0 Å². The van der Waals surface area contributed by atoms with Gasteiger partial charge in [-0.3, -0.25) is 9.59 Å². The average molecular weight is 408 g/mol. The lowest BCUT2D eigenvalue weighted by atomic mass is 10.0. The number of hydrogen-bond donors (Lipinski definition) is 2. The van der Waals surface area contributed by atoms with Crippen molar-refractivity contribution >= 4 is 11.8 Å². The molecule has 0 saturated heterocycles. The van der Waals surface area contributed by atoms with Crippen molar-refractivity contribution in [2.45, 2.75) is 32.9 Å². The monoisotopic (exact) mass is 408 g/mol. The fraction of sp³-hybridized carbons (Fsp3) is 0.261. The van der Waals surface area contributed by atoms with Crippen LogP contribution in [0.2, 0.25) is 0 Å². The molecule has 1 heterocycles. The second-order valence-electron chi connectivity index (χ2n) is 7.48. The maximum absolute atomic E-state index is 14.4. The van der Waals surface area contributed by atoms with Crippen LogP contribution < -0.4 is 10.6 Å². The summed E-state index contributed by atoms with van der Waals surface area (Å²) in [5, 5.41) is 5.60. The highest BCUT2D eigenvalue weighted by Crippen LogP contribution is 2.17. The molecule has 2 amide bonds. The van der Waals surface area contributed by atoms with Crippen molar-refractivity contribution in [3.05, 3.63) is 84.2 Å². The maximum atomic E-state index is 14.4. The molecule has 3 aromatic rings. The summed E-state index contributed by atoms with van der Waals surface area (Å²) in [6, 6.07) is 13.0. The zero-order valence-electron chi connectivity index (χ0n) is 17.0. The average Bonchev–Trinajstić information content (AvgIpc) is 3.25. The molecule has 0 saturated carbocycles. The number of carbonyl (C=O) groups excluding carboxylic acids is 2. The number of imidazole rings is 1. The van der Waals surface area contributed by atoms with E-state index in [1.165, 1.54) is 12.4 Å². The van der Waals surface area contributed by atoms with Crippen molar-refractivity contribution < 1.29 is 14.0 Å². The number of halogens is 1. The SMILES string of the molecule is CC(C)CC(=O)NC(C(=O)NCc1ccc(-n2ccnc2)c(F)c1)c1ccccc1. The molecule has 1 unspecified atom stereocenters. The van der Waals surface area contributed by atoms with Gasteiger partial charge in [0.25, 0.3) is 0 Å². The summed E-state index contributed by atoms with van der Waals surface area (Å²) >= 11 is 0. The topological polar surface area (TPSA) is 76.0 Å². The van der Waals surface area contributed by atoms with Crippen LogP contribution in [-0.4, -0.2) is 21.4 Å². The van der Waals surface area contributed by atoms with E-state index in [-0.39, 0.29) is 24.3 Å². The van der Waals surface area contributed by atoms with E-state index in [0.717, 1.165) is 0 Å². The molecule has 1 aromatic heterocycles. The second-order valence-corrected chi connectivity index (χ2v) is 7.48. The van der Waals surface area contributed by atoms with Gasteiger partial charge in [0.15, 0.2) is 0 Å². The van der Waals surface area contributed by atoms with Gasteiger partial charge < -0.3 is 15.2 Å². The van der Waals surface area contributed by atoms with Gasteiger partial charge in [-0.2, -0.15) is 0 Å². The summed E-state index contributed by atoms with van der Waals surface area (Å²) in [7, 11) is 0. The summed E-state index contributed by atoms with van der Waals surface area (Å²) in [6.07, 6.45) is 5.08. The minimum atomic E-state index is -0.812. The van der Waals surface area contributed by atoms with Crippen LogP contribution in [0.4, 0.5) is 4.39 Å². The second kappa shape index (κ2) is 9.82. The van der Waals surface area contributed by atoms with E-state index in [0.29, 0.717) is 23.2 Å². The Morgan fingerprint density at radius 2 is 1.90 bits per heavy atom. The molecule has 0 fully saturated rings. The van der Waals surface area contributed by atoms with Crippen LogP contribution in [0.15, 0.2) is 67.3 Å². The van der Waals surface area contributed by atoms with Crippen LogP contribution >= 0.6 is 0 Å². The van der Waals surface area contributed by atoms with Gasteiger partial charge in [-0.05, 0) is 29.2 Å². The van der Waals surface area contributed by atoms with Crippen molar-refractivity contribution in [2.24, 2.45) is 5.92 Å². The zero-order valence-corrected chi connectivity index (χ0v) is 17.0. The fourth-order valence-electron chi connectivity index (χ4n) is 3.10. The molecule has 2 aromatic carbocycles. The molecule has 7 heteroatoms. The van der Waals surface area contributed by atoms with Gasteiger partial charge in [-0.1, -0.05) is 50.2 Å². The molecule has 0 bridgehead atoms. The van der Waals surface area contributed by atoms with Gasteiger partial charge in [0.05, 0.1) is 12.0 Å². The molecule has 1 atom stereocenters. The van der Waals surface area contributed by atoms with Crippen LogP contribution in [0.5, 0.6) is 0 Å². The molecular formula is C23H25FN4O2. The van der Waals surface area contributed by atoms with Gasteiger partial charge in [-0.15, -0.1) is 0 Å². The van der Waals surface area contributed by atoms with Crippen molar-refractivity contribution in [2.75, 3.05) is 0 Å². The largest absolute Gasteiger partial charge is 0.350 e. The molecule has 0 aliphatic heterocycles. The van der Waals surface area contributed by atoms with Crippen LogP contribution in [-0.2, 0) is 16.1 Å². The molecule has 0 aliphatic rings.